The highest BCUT2D eigenvalue weighted by Crippen LogP contribution is 2.34. The Hall–Kier alpha value is -4.60. The van der Waals surface area contributed by atoms with Crippen molar-refractivity contribution in [3.63, 3.8) is 0 Å². The van der Waals surface area contributed by atoms with Crippen LogP contribution in [-0.2, 0) is 17.6 Å². The lowest BCUT2D eigenvalue weighted by Gasteiger charge is -2.16. The average molecular weight is 549 g/mol. The third-order valence-electron chi connectivity index (χ3n) is 6.97. The standard InChI is InChI=1S/C30H27F3N4O3/c1-16(20-6-2-4-18(26(20)32)8-10-25(38)39)29(34)37-30-22-14-19(9-7-17(22)5-3-12-36-30)40-28-23(31)15-24-21(27(28)33)11-13-35-24/h2,4,6-7,9,11,13-16,35H,3,5,8,10,12H2,1H3,(H,38,39)(H2,34,36,37). The molecule has 40 heavy (non-hydrogen) atoms. The normalized spacial score (nSPS) is 14.4. The van der Waals surface area contributed by atoms with E-state index >= 15 is 4.39 Å². The molecule has 0 bridgehead atoms. The summed E-state index contributed by atoms with van der Waals surface area (Å²) in [4.78, 5) is 22.8. The third-order valence-corrected chi connectivity index (χ3v) is 6.97. The molecule has 0 fully saturated rings. The number of carbonyl (C=O) groups is 1. The molecule has 1 aliphatic rings. The Labute approximate surface area is 228 Å². The number of carboxylic acid groups (broad SMARTS) is 1. The zero-order chi connectivity index (χ0) is 28.4. The van der Waals surface area contributed by atoms with Gasteiger partial charge in [-0.25, -0.2) is 18.2 Å². The zero-order valence-electron chi connectivity index (χ0n) is 21.7. The van der Waals surface area contributed by atoms with E-state index in [9.17, 15) is 13.6 Å². The van der Waals surface area contributed by atoms with Gasteiger partial charge in [-0.2, -0.15) is 0 Å². The number of nitrogens with zero attached hydrogens (tertiary/aromatic N) is 2. The number of carboxylic acids is 1. The first-order chi connectivity index (χ1) is 19.2. The number of aromatic nitrogens is 1. The lowest BCUT2D eigenvalue weighted by Crippen LogP contribution is -2.23. The molecule has 4 aromatic rings. The van der Waals surface area contributed by atoms with E-state index in [1.54, 1.807) is 43.3 Å². The van der Waals surface area contributed by atoms with Crippen LogP contribution < -0.4 is 10.5 Å². The van der Waals surface area contributed by atoms with Gasteiger partial charge in [0.2, 0.25) is 0 Å². The van der Waals surface area contributed by atoms with Gasteiger partial charge in [0.15, 0.2) is 23.2 Å². The predicted octanol–water partition coefficient (Wildman–Crippen LogP) is 6.25. The molecule has 0 aliphatic carbocycles. The number of amidine groups is 2. The second kappa shape index (κ2) is 11.3. The Morgan fingerprint density at radius 1 is 1.18 bits per heavy atom. The first kappa shape index (κ1) is 27.0. The second-order valence-corrected chi connectivity index (χ2v) is 9.64. The summed E-state index contributed by atoms with van der Waals surface area (Å²) in [5.41, 5.74) is 8.77. The molecule has 0 saturated carbocycles. The van der Waals surface area contributed by atoms with E-state index in [2.05, 4.69) is 15.0 Å². The molecule has 2 heterocycles. The number of nitrogens with two attached hydrogens (primary N) is 1. The summed E-state index contributed by atoms with van der Waals surface area (Å²) in [5, 5.41) is 9.17. The van der Waals surface area contributed by atoms with Crippen molar-refractivity contribution < 1.29 is 27.8 Å². The molecule has 1 unspecified atom stereocenters. The van der Waals surface area contributed by atoms with Crippen molar-refractivity contribution in [2.24, 2.45) is 15.7 Å². The highest BCUT2D eigenvalue weighted by Gasteiger charge is 2.22. The van der Waals surface area contributed by atoms with Gasteiger partial charge >= 0.3 is 5.97 Å². The molecule has 0 saturated heterocycles. The highest BCUT2D eigenvalue weighted by molar-refractivity contribution is 6.08. The number of aliphatic imine (C=N–C) groups is 2. The summed E-state index contributed by atoms with van der Waals surface area (Å²) in [6.45, 7) is 2.19. The van der Waals surface area contributed by atoms with Gasteiger partial charge in [0.05, 0.1) is 5.52 Å². The molecule has 1 aliphatic heterocycles. The number of hydrogen-bond acceptors (Lipinski definition) is 4. The van der Waals surface area contributed by atoms with Crippen LogP contribution in [0.25, 0.3) is 10.9 Å². The van der Waals surface area contributed by atoms with Gasteiger partial charge in [0.25, 0.3) is 0 Å². The summed E-state index contributed by atoms with van der Waals surface area (Å²) < 4.78 is 50.6. The topological polar surface area (TPSA) is 113 Å². The van der Waals surface area contributed by atoms with Gasteiger partial charge in [0.1, 0.15) is 17.4 Å². The number of aliphatic carboxylic acids is 1. The number of ether oxygens (including phenoxy) is 1. The highest BCUT2D eigenvalue weighted by atomic mass is 19.1. The number of H-pyrrole nitrogens is 1. The Morgan fingerprint density at radius 2 is 2.00 bits per heavy atom. The van der Waals surface area contributed by atoms with Crippen LogP contribution in [0.1, 0.15) is 47.9 Å². The minimum atomic E-state index is -1.01. The fourth-order valence-corrected chi connectivity index (χ4v) is 4.75. The van der Waals surface area contributed by atoms with Crippen molar-refractivity contribution in [1.82, 2.24) is 4.98 Å². The van der Waals surface area contributed by atoms with Crippen LogP contribution in [0, 0.1) is 17.5 Å². The van der Waals surface area contributed by atoms with Gasteiger partial charge in [-0.3, -0.25) is 9.79 Å². The Bertz CT molecular complexity index is 1660. The SMILES string of the molecule is CC(C(N)=NC1=NCCCc2ccc(Oc3c(F)cc4[nH]ccc4c3F)cc21)c1cccc(CCC(=O)O)c1F. The summed E-state index contributed by atoms with van der Waals surface area (Å²) in [7, 11) is 0. The van der Waals surface area contributed by atoms with Crippen LogP contribution in [0.5, 0.6) is 11.5 Å². The van der Waals surface area contributed by atoms with E-state index in [0.29, 0.717) is 35.4 Å². The van der Waals surface area contributed by atoms with E-state index < -0.39 is 35.1 Å². The summed E-state index contributed by atoms with van der Waals surface area (Å²) >= 11 is 0. The van der Waals surface area contributed by atoms with Crippen LogP contribution in [0.4, 0.5) is 13.2 Å². The van der Waals surface area contributed by atoms with Crippen molar-refractivity contribution in [3.8, 4) is 11.5 Å². The predicted molar refractivity (Wildman–Crippen MR) is 147 cm³/mol. The molecule has 206 valence electrons. The van der Waals surface area contributed by atoms with E-state index in [0.717, 1.165) is 12.0 Å². The number of halogens is 3. The largest absolute Gasteiger partial charge is 0.481 e. The molecule has 0 radical (unpaired) electrons. The number of rotatable bonds is 7. The summed E-state index contributed by atoms with van der Waals surface area (Å²) in [6, 6.07) is 12.5. The fraction of sp³-hybridized carbons (Fsp3) is 0.233. The zero-order valence-corrected chi connectivity index (χ0v) is 21.7. The molecular formula is C30H27F3N4O3. The first-order valence-electron chi connectivity index (χ1n) is 12.9. The van der Waals surface area contributed by atoms with Gasteiger partial charge in [-0.15, -0.1) is 0 Å². The monoisotopic (exact) mass is 548 g/mol. The number of benzene rings is 3. The number of aryl methyl sites for hydroxylation is 2. The van der Waals surface area contributed by atoms with Crippen LogP contribution in [-0.4, -0.2) is 34.3 Å². The molecule has 4 N–H and O–H groups in total. The van der Waals surface area contributed by atoms with Crippen LogP contribution in [0.2, 0.25) is 0 Å². The fourth-order valence-electron chi connectivity index (χ4n) is 4.75. The summed E-state index contributed by atoms with van der Waals surface area (Å²) in [5.74, 6) is -3.72. The number of hydrogen-bond donors (Lipinski definition) is 3. The molecule has 3 aromatic carbocycles. The van der Waals surface area contributed by atoms with Crippen molar-refractivity contribution in [2.45, 2.75) is 38.5 Å². The Balaban J connectivity index is 1.45. The smallest absolute Gasteiger partial charge is 0.303 e. The van der Waals surface area contributed by atoms with Crippen molar-refractivity contribution >= 4 is 28.5 Å². The third kappa shape index (κ3) is 5.42. The van der Waals surface area contributed by atoms with Gasteiger partial charge in [0, 0.05) is 42.1 Å². The average Bonchev–Trinajstić information content (AvgIpc) is 3.31. The maximum atomic E-state index is 15.2. The lowest BCUT2D eigenvalue weighted by molar-refractivity contribution is -0.136. The van der Waals surface area contributed by atoms with Crippen LogP contribution in [0.15, 0.2) is 64.7 Å². The molecule has 1 aromatic heterocycles. The van der Waals surface area contributed by atoms with E-state index in [-0.39, 0.29) is 35.4 Å². The van der Waals surface area contributed by atoms with Gasteiger partial charge in [-0.1, -0.05) is 31.2 Å². The number of aromatic amines is 1. The maximum absolute atomic E-state index is 15.2. The van der Waals surface area contributed by atoms with Crippen LogP contribution >= 0.6 is 0 Å². The van der Waals surface area contributed by atoms with Gasteiger partial charge < -0.3 is 20.6 Å². The Morgan fingerprint density at radius 3 is 2.80 bits per heavy atom. The molecule has 10 heteroatoms. The molecule has 1 atom stereocenters. The molecule has 0 spiro atoms. The van der Waals surface area contributed by atoms with Crippen molar-refractivity contribution in [1.29, 1.82) is 0 Å². The molecule has 0 amide bonds. The van der Waals surface area contributed by atoms with E-state index in [4.69, 9.17) is 15.6 Å². The summed E-state index contributed by atoms with van der Waals surface area (Å²) in [6.07, 6.45) is 2.84. The van der Waals surface area contributed by atoms with Crippen molar-refractivity contribution in [2.75, 3.05) is 6.54 Å². The van der Waals surface area contributed by atoms with Crippen LogP contribution in [0.3, 0.4) is 0 Å². The Kier molecular flexibility index (Phi) is 7.59. The number of nitrogens with one attached hydrogen (secondary N) is 1. The minimum Gasteiger partial charge on any atom is -0.481 e. The van der Waals surface area contributed by atoms with Crippen molar-refractivity contribution in [3.05, 3.63) is 94.4 Å². The number of fused-ring (bicyclic) bond motifs is 2. The van der Waals surface area contributed by atoms with Gasteiger partial charge in [-0.05, 0) is 54.2 Å². The second-order valence-electron chi connectivity index (χ2n) is 9.64. The first-order valence-corrected chi connectivity index (χ1v) is 12.9. The lowest BCUT2D eigenvalue weighted by atomic mass is 9.95. The maximum Gasteiger partial charge on any atom is 0.303 e. The van der Waals surface area contributed by atoms with E-state index in [1.807, 2.05) is 0 Å². The quantitative estimate of drug-likeness (QED) is 0.187. The minimum absolute atomic E-state index is 0.0554. The molecule has 7 nitrogen and oxygen atoms in total. The van der Waals surface area contributed by atoms with E-state index in [1.165, 1.54) is 18.3 Å². The molecular weight excluding hydrogens is 521 g/mol. The molecule has 5 rings (SSSR count).